The van der Waals surface area contributed by atoms with E-state index in [2.05, 4.69) is 15.1 Å². The van der Waals surface area contributed by atoms with Crippen molar-refractivity contribution >= 4 is 30.8 Å². The van der Waals surface area contributed by atoms with Crippen molar-refractivity contribution in [3.05, 3.63) is 23.3 Å². The Bertz CT molecular complexity index is 927. The van der Waals surface area contributed by atoms with E-state index in [0.29, 0.717) is 17.2 Å². The molecule has 2 aliphatic heterocycles. The first-order chi connectivity index (χ1) is 16.2. The van der Waals surface area contributed by atoms with Crippen molar-refractivity contribution in [2.45, 2.75) is 35.5 Å². The Morgan fingerprint density at radius 1 is 1.29 bits per heavy atom. The van der Waals surface area contributed by atoms with Crippen LogP contribution in [0.5, 0.6) is 5.75 Å². The molecule has 34 heavy (non-hydrogen) atoms. The van der Waals surface area contributed by atoms with Crippen molar-refractivity contribution in [1.82, 2.24) is 15.1 Å². The first-order valence-corrected chi connectivity index (χ1v) is 12.7. The number of nitrogens with two attached hydrogens (primary N) is 1. The fraction of sp³-hybridized carbons (Fsp3) is 0.636. The topological polar surface area (TPSA) is 149 Å². The van der Waals surface area contributed by atoms with E-state index in [1.54, 1.807) is 6.92 Å². The Kier molecular flexibility index (Phi) is 7.75. The molecule has 0 aromatic heterocycles. The molecule has 0 bridgehead atoms. The third-order valence-corrected chi connectivity index (χ3v) is 7.84. The van der Waals surface area contributed by atoms with Crippen LogP contribution in [-0.2, 0) is 4.79 Å². The normalized spacial score (nSPS) is 23.9. The highest BCUT2D eigenvalue weighted by Crippen LogP contribution is 2.60. The molecule has 3 atom stereocenters. The molecule has 1 aromatic carbocycles. The molecule has 1 aliphatic carbocycles. The molecule has 6 N–H and O–H groups in total. The lowest BCUT2D eigenvalue weighted by Crippen LogP contribution is -2.60. The van der Waals surface area contributed by atoms with Crippen LogP contribution in [-0.4, -0.2) is 108 Å². The largest absolute Gasteiger partial charge is 0.535 e. The van der Waals surface area contributed by atoms with Gasteiger partial charge in [0.05, 0.1) is 6.61 Å². The number of hydrogen-bond donors (Lipinski definition) is 5. The minimum Gasteiger partial charge on any atom is -0.535 e. The summed E-state index contributed by atoms with van der Waals surface area (Å²) < 4.78 is 5.60. The fourth-order valence-electron chi connectivity index (χ4n) is 4.78. The van der Waals surface area contributed by atoms with E-state index < -0.39 is 18.6 Å². The van der Waals surface area contributed by atoms with E-state index in [9.17, 15) is 19.7 Å². The molecule has 4 rings (SSSR count). The number of benzene rings is 1. The third kappa shape index (κ3) is 5.53. The van der Waals surface area contributed by atoms with Crippen LogP contribution in [0.2, 0.25) is 5.82 Å². The lowest BCUT2D eigenvalue weighted by atomic mass is 9.77. The van der Waals surface area contributed by atoms with Crippen LogP contribution in [0.15, 0.2) is 17.0 Å². The zero-order chi connectivity index (χ0) is 24.5. The lowest BCUT2D eigenvalue weighted by molar-refractivity contribution is -0.126. The molecular weight excluding hydrogens is 459 g/mol. The van der Waals surface area contributed by atoms with Gasteiger partial charge in [0.15, 0.2) is 0 Å². The molecule has 1 aromatic rings. The number of nitrogens with zero attached hydrogens (tertiary/aromatic N) is 2. The number of rotatable bonds is 10. The van der Waals surface area contributed by atoms with Gasteiger partial charge in [0.1, 0.15) is 16.9 Å². The summed E-state index contributed by atoms with van der Waals surface area (Å²) in [5.74, 6) is 0.0266. The van der Waals surface area contributed by atoms with Crippen molar-refractivity contribution in [2.24, 2.45) is 5.73 Å². The molecule has 1 saturated carbocycles. The summed E-state index contributed by atoms with van der Waals surface area (Å²) in [6.07, 6.45) is 0.836. The summed E-state index contributed by atoms with van der Waals surface area (Å²) >= 11 is 1.49. The molecule has 3 aliphatic rings. The average molecular weight is 492 g/mol. The highest BCUT2D eigenvalue weighted by Gasteiger charge is 2.54. The number of aromatic carboxylic acids is 1. The van der Waals surface area contributed by atoms with Gasteiger partial charge in [-0.15, -0.1) is 11.8 Å². The van der Waals surface area contributed by atoms with Crippen LogP contribution in [0.25, 0.3) is 0 Å². The maximum Gasteiger partial charge on any atom is 0.526 e. The number of aliphatic hydroxyl groups excluding tert-OH is 1. The van der Waals surface area contributed by atoms with Gasteiger partial charge < -0.3 is 30.9 Å². The number of piperazine rings is 1. The van der Waals surface area contributed by atoms with E-state index in [-0.39, 0.29) is 36.4 Å². The molecule has 2 unspecified atom stereocenters. The molecule has 186 valence electrons. The van der Waals surface area contributed by atoms with E-state index in [0.717, 1.165) is 50.5 Å². The second-order valence-corrected chi connectivity index (χ2v) is 10.7. The molecule has 0 spiro atoms. The molecule has 1 saturated heterocycles. The standard InChI is InChI=1S/C22H33BN4O6S/c1-22(24,21(31)25-4-10-28)13-27-7-5-26(6-8-27)9-11-34-17-3-2-14-15-12-16(15)23(32)33-19(14)18(17)20(29)30/h2-3,15-16,28,32H,4-13,24H2,1H3,(H,25,31)(H,29,30)/t15?,16?,22-/m1/s1. The van der Waals surface area contributed by atoms with Gasteiger partial charge in [0, 0.05) is 62.3 Å². The van der Waals surface area contributed by atoms with E-state index in [1.807, 2.05) is 12.1 Å². The zero-order valence-electron chi connectivity index (χ0n) is 19.4. The third-order valence-electron chi connectivity index (χ3n) is 6.81. The van der Waals surface area contributed by atoms with Crippen LogP contribution in [0, 0.1) is 0 Å². The van der Waals surface area contributed by atoms with Crippen LogP contribution in [0.4, 0.5) is 0 Å². The fourth-order valence-corrected chi connectivity index (χ4v) is 5.84. The van der Waals surface area contributed by atoms with E-state index in [1.165, 1.54) is 11.8 Å². The second kappa shape index (κ2) is 10.4. The zero-order valence-corrected chi connectivity index (χ0v) is 20.2. The number of aliphatic hydroxyl groups is 1. The molecular formula is C22H33BN4O6S. The lowest BCUT2D eigenvalue weighted by Gasteiger charge is -2.38. The second-order valence-electron chi connectivity index (χ2n) is 9.54. The maximum absolute atomic E-state index is 12.2. The molecule has 0 radical (unpaired) electrons. The minimum absolute atomic E-state index is 0.0818. The Morgan fingerprint density at radius 2 is 2.00 bits per heavy atom. The molecule has 12 heteroatoms. The first-order valence-electron chi connectivity index (χ1n) is 11.7. The Balaban J connectivity index is 1.27. The summed E-state index contributed by atoms with van der Waals surface area (Å²) in [5.41, 5.74) is 6.21. The Labute approximate surface area is 203 Å². The van der Waals surface area contributed by atoms with Gasteiger partial charge in [0.2, 0.25) is 5.91 Å². The number of amides is 1. The number of nitrogens with one attached hydrogen (secondary N) is 1. The summed E-state index contributed by atoms with van der Waals surface area (Å²) in [6, 6.07) is 3.81. The highest BCUT2D eigenvalue weighted by molar-refractivity contribution is 7.99. The van der Waals surface area contributed by atoms with Crippen LogP contribution < -0.4 is 15.7 Å². The number of thioether (sulfide) groups is 1. The number of fused-ring (bicyclic) bond motifs is 3. The predicted molar refractivity (Wildman–Crippen MR) is 129 cm³/mol. The number of carbonyl (C=O) groups excluding carboxylic acids is 1. The van der Waals surface area contributed by atoms with Gasteiger partial charge >= 0.3 is 13.1 Å². The quantitative estimate of drug-likeness (QED) is 0.217. The molecule has 2 heterocycles. The molecule has 10 nitrogen and oxygen atoms in total. The Morgan fingerprint density at radius 3 is 2.68 bits per heavy atom. The number of hydrogen-bond acceptors (Lipinski definition) is 9. The van der Waals surface area contributed by atoms with Crippen LogP contribution in [0.3, 0.4) is 0 Å². The highest BCUT2D eigenvalue weighted by atomic mass is 32.2. The monoisotopic (exact) mass is 492 g/mol. The van der Waals surface area contributed by atoms with Gasteiger partial charge in [-0.1, -0.05) is 6.07 Å². The van der Waals surface area contributed by atoms with Gasteiger partial charge in [0.25, 0.3) is 0 Å². The number of carbonyl (C=O) groups is 2. The average Bonchev–Trinajstić information content (AvgIpc) is 3.60. The van der Waals surface area contributed by atoms with Gasteiger partial charge in [-0.05, 0) is 30.9 Å². The molecule has 2 fully saturated rings. The predicted octanol–water partition coefficient (Wildman–Crippen LogP) is -0.349. The van der Waals surface area contributed by atoms with Crippen molar-refractivity contribution in [1.29, 1.82) is 0 Å². The number of carboxylic acids is 1. The summed E-state index contributed by atoms with van der Waals surface area (Å²) in [4.78, 5) is 29.3. The van der Waals surface area contributed by atoms with Crippen molar-refractivity contribution in [3.8, 4) is 5.75 Å². The summed E-state index contributed by atoms with van der Waals surface area (Å²) in [7, 11) is -0.928. The van der Waals surface area contributed by atoms with Gasteiger partial charge in [-0.25, -0.2) is 4.79 Å². The van der Waals surface area contributed by atoms with Crippen LogP contribution >= 0.6 is 11.8 Å². The van der Waals surface area contributed by atoms with E-state index in [4.69, 9.17) is 15.5 Å². The van der Waals surface area contributed by atoms with Crippen molar-refractivity contribution in [3.63, 3.8) is 0 Å². The van der Waals surface area contributed by atoms with Crippen molar-refractivity contribution in [2.75, 3.05) is 58.2 Å². The smallest absolute Gasteiger partial charge is 0.526 e. The Hall–Kier alpha value is -1.83. The summed E-state index contributed by atoms with van der Waals surface area (Å²) in [6.45, 7) is 6.28. The molecule has 1 amide bonds. The van der Waals surface area contributed by atoms with Gasteiger partial charge in [-0.2, -0.15) is 0 Å². The summed E-state index contributed by atoms with van der Waals surface area (Å²) in [5, 5.41) is 31.4. The number of carboxylic acid groups (broad SMARTS) is 1. The SMILES string of the molecule is C[C@@](N)(CN1CCN(CCSc2ccc3c(c2C(=O)O)OB(O)C2CC32)CC1)C(=O)NCCO. The minimum atomic E-state index is -1.04. The van der Waals surface area contributed by atoms with Gasteiger partial charge in [-0.3, -0.25) is 14.6 Å². The first kappa shape index (κ1) is 25.3. The van der Waals surface area contributed by atoms with Crippen LogP contribution in [0.1, 0.15) is 35.2 Å². The maximum atomic E-state index is 12.2. The van der Waals surface area contributed by atoms with E-state index >= 15 is 0 Å². The van der Waals surface area contributed by atoms with Crippen molar-refractivity contribution < 1.29 is 29.5 Å².